The Morgan fingerprint density at radius 2 is 1.92 bits per heavy atom. The second-order valence-corrected chi connectivity index (χ2v) is 3.48. The zero-order valence-electron chi connectivity index (χ0n) is 8.03. The van der Waals surface area contributed by atoms with E-state index in [4.69, 9.17) is 4.74 Å². The van der Waals surface area contributed by atoms with Crippen molar-refractivity contribution in [1.82, 2.24) is 0 Å². The normalized spacial score (nSPS) is 30.6. The Bertz CT molecular complexity index is 318. The third-order valence-corrected chi connectivity index (χ3v) is 2.76. The van der Waals surface area contributed by atoms with E-state index in [9.17, 15) is 0 Å². The highest BCUT2D eigenvalue weighted by atomic mass is 16.5. The van der Waals surface area contributed by atoms with Gasteiger partial charge in [-0.2, -0.15) is 0 Å². The van der Waals surface area contributed by atoms with Gasteiger partial charge in [0.2, 0.25) is 0 Å². The average Bonchev–Trinajstić information content (AvgIpc) is 2.19. The van der Waals surface area contributed by atoms with Crippen LogP contribution in [-0.4, -0.2) is 7.11 Å². The maximum absolute atomic E-state index is 5.29. The first kappa shape index (κ1) is 8.36. The SMILES string of the molecule is COC1=C(C)C2C=CC=CC2C=C1. The van der Waals surface area contributed by atoms with E-state index in [0.717, 1.165) is 5.76 Å². The van der Waals surface area contributed by atoms with Crippen LogP contribution in [0.2, 0.25) is 0 Å². The van der Waals surface area contributed by atoms with Crippen LogP contribution in [0.15, 0.2) is 47.8 Å². The Labute approximate surface area is 79.1 Å². The van der Waals surface area contributed by atoms with Gasteiger partial charge in [0.05, 0.1) is 7.11 Å². The molecule has 68 valence electrons. The second-order valence-electron chi connectivity index (χ2n) is 3.48. The van der Waals surface area contributed by atoms with Crippen molar-refractivity contribution in [2.75, 3.05) is 7.11 Å². The Balaban J connectivity index is 2.34. The van der Waals surface area contributed by atoms with Gasteiger partial charge in [-0.25, -0.2) is 0 Å². The Morgan fingerprint density at radius 3 is 2.69 bits per heavy atom. The van der Waals surface area contributed by atoms with Gasteiger partial charge in [-0.05, 0) is 18.6 Å². The molecule has 0 amide bonds. The molecule has 0 aromatic rings. The number of methoxy groups -OCH3 is 1. The number of rotatable bonds is 1. The van der Waals surface area contributed by atoms with Gasteiger partial charge >= 0.3 is 0 Å². The minimum atomic E-state index is 0.505. The molecule has 2 aliphatic rings. The predicted molar refractivity (Wildman–Crippen MR) is 54.1 cm³/mol. The second kappa shape index (κ2) is 3.25. The highest BCUT2D eigenvalue weighted by Crippen LogP contribution is 2.33. The first-order valence-electron chi connectivity index (χ1n) is 4.61. The lowest BCUT2D eigenvalue weighted by molar-refractivity contribution is 0.293. The lowest BCUT2D eigenvalue weighted by atomic mass is 9.80. The van der Waals surface area contributed by atoms with Gasteiger partial charge in [-0.3, -0.25) is 0 Å². The number of allylic oxidation sites excluding steroid dienone is 7. The largest absolute Gasteiger partial charge is 0.497 e. The lowest BCUT2D eigenvalue weighted by Gasteiger charge is -2.27. The summed E-state index contributed by atoms with van der Waals surface area (Å²) in [6.07, 6.45) is 13.0. The summed E-state index contributed by atoms with van der Waals surface area (Å²) in [6.45, 7) is 2.14. The molecule has 0 saturated carbocycles. The molecule has 2 aliphatic carbocycles. The summed E-state index contributed by atoms with van der Waals surface area (Å²) in [7, 11) is 1.73. The van der Waals surface area contributed by atoms with Crippen molar-refractivity contribution in [2.24, 2.45) is 11.8 Å². The summed E-state index contributed by atoms with van der Waals surface area (Å²) in [6, 6.07) is 0. The molecule has 0 N–H and O–H groups in total. The molecule has 2 rings (SSSR count). The van der Waals surface area contributed by atoms with E-state index in [-0.39, 0.29) is 0 Å². The molecule has 0 aromatic heterocycles. The van der Waals surface area contributed by atoms with E-state index in [1.807, 2.05) is 0 Å². The molecule has 0 fully saturated rings. The molecule has 0 aromatic carbocycles. The van der Waals surface area contributed by atoms with Crippen LogP contribution < -0.4 is 0 Å². The van der Waals surface area contributed by atoms with Crippen LogP contribution in [-0.2, 0) is 4.74 Å². The highest BCUT2D eigenvalue weighted by Gasteiger charge is 2.23. The fourth-order valence-electron chi connectivity index (χ4n) is 1.96. The fraction of sp³-hybridized carbons (Fsp3) is 0.333. The number of hydrogen-bond acceptors (Lipinski definition) is 1. The molecule has 0 aliphatic heterocycles. The Kier molecular flexibility index (Phi) is 2.09. The monoisotopic (exact) mass is 174 g/mol. The standard InChI is InChI=1S/C12H14O/c1-9-11-6-4-3-5-10(11)7-8-12(9)13-2/h3-8,10-11H,1-2H3. The lowest BCUT2D eigenvalue weighted by Crippen LogP contribution is -2.16. The molecular formula is C12H14O. The predicted octanol–water partition coefficient (Wildman–Crippen LogP) is 2.84. The van der Waals surface area contributed by atoms with Crippen LogP contribution in [0.5, 0.6) is 0 Å². The van der Waals surface area contributed by atoms with Gasteiger partial charge < -0.3 is 4.74 Å². The molecule has 1 nitrogen and oxygen atoms in total. The van der Waals surface area contributed by atoms with Crippen molar-refractivity contribution in [1.29, 1.82) is 0 Å². The summed E-state index contributed by atoms with van der Waals surface area (Å²) < 4.78 is 5.29. The van der Waals surface area contributed by atoms with E-state index in [2.05, 4.69) is 43.4 Å². The van der Waals surface area contributed by atoms with Crippen molar-refractivity contribution in [3.05, 3.63) is 47.8 Å². The first-order chi connectivity index (χ1) is 6.33. The minimum absolute atomic E-state index is 0.505. The molecule has 0 saturated heterocycles. The zero-order valence-corrected chi connectivity index (χ0v) is 8.03. The third-order valence-electron chi connectivity index (χ3n) is 2.76. The molecule has 0 spiro atoms. The summed E-state index contributed by atoms with van der Waals surface area (Å²) in [5, 5.41) is 0. The number of hydrogen-bond donors (Lipinski definition) is 0. The van der Waals surface area contributed by atoms with Crippen molar-refractivity contribution in [2.45, 2.75) is 6.92 Å². The minimum Gasteiger partial charge on any atom is -0.497 e. The smallest absolute Gasteiger partial charge is 0.118 e. The number of ether oxygens (including phenoxy) is 1. The van der Waals surface area contributed by atoms with Crippen molar-refractivity contribution in [3.8, 4) is 0 Å². The van der Waals surface area contributed by atoms with E-state index in [1.165, 1.54) is 5.57 Å². The quantitative estimate of drug-likeness (QED) is 0.594. The summed E-state index contributed by atoms with van der Waals surface area (Å²) in [4.78, 5) is 0. The van der Waals surface area contributed by atoms with E-state index in [1.54, 1.807) is 7.11 Å². The Hall–Kier alpha value is -1.24. The third kappa shape index (κ3) is 1.35. The van der Waals surface area contributed by atoms with Crippen molar-refractivity contribution >= 4 is 0 Å². The van der Waals surface area contributed by atoms with E-state index >= 15 is 0 Å². The van der Waals surface area contributed by atoms with E-state index in [0.29, 0.717) is 11.8 Å². The van der Waals surface area contributed by atoms with Crippen LogP contribution in [0.3, 0.4) is 0 Å². The molecular weight excluding hydrogens is 160 g/mol. The summed E-state index contributed by atoms with van der Waals surface area (Å²) >= 11 is 0. The van der Waals surface area contributed by atoms with Gasteiger partial charge in [-0.1, -0.05) is 30.4 Å². The highest BCUT2D eigenvalue weighted by molar-refractivity contribution is 5.35. The van der Waals surface area contributed by atoms with Crippen molar-refractivity contribution in [3.63, 3.8) is 0 Å². The molecule has 0 heterocycles. The average molecular weight is 174 g/mol. The van der Waals surface area contributed by atoms with Crippen molar-refractivity contribution < 1.29 is 4.74 Å². The summed E-state index contributed by atoms with van der Waals surface area (Å²) in [5.41, 5.74) is 1.33. The maximum Gasteiger partial charge on any atom is 0.118 e. The van der Waals surface area contributed by atoms with Crippen LogP contribution in [0.1, 0.15) is 6.92 Å². The topological polar surface area (TPSA) is 9.23 Å². The van der Waals surface area contributed by atoms with Gasteiger partial charge in [0, 0.05) is 11.8 Å². The van der Waals surface area contributed by atoms with Crippen LogP contribution in [0, 0.1) is 11.8 Å². The van der Waals surface area contributed by atoms with E-state index < -0.39 is 0 Å². The molecule has 1 heteroatoms. The van der Waals surface area contributed by atoms with Crippen LogP contribution >= 0.6 is 0 Å². The summed E-state index contributed by atoms with van der Waals surface area (Å²) in [5.74, 6) is 2.05. The Morgan fingerprint density at radius 1 is 1.15 bits per heavy atom. The molecule has 13 heavy (non-hydrogen) atoms. The molecule has 2 unspecified atom stereocenters. The zero-order chi connectivity index (χ0) is 9.26. The fourth-order valence-corrected chi connectivity index (χ4v) is 1.96. The van der Waals surface area contributed by atoms with Gasteiger partial charge in [-0.15, -0.1) is 0 Å². The van der Waals surface area contributed by atoms with Crippen LogP contribution in [0.4, 0.5) is 0 Å². The molecule has 2 atom stereocenters. The number of fused-ring (bicyclic) bond motifs is 1. The molecule has 0 bridgehead atoms. The van der Waals surface area contributed by atoms with Crippen LogP contribution in [0.25, 0.3) is 0 Å². The first-order valence-corrected chi connectivity index (χ1v) is 4.61. The van der Waals surface area contributed by atoms with Gasteiger partial charge in [0.25, 0.3) is 0 Å². The molecule has 0 radical (unpaired) electrons. The van der Waals surface area contributed by atoms with Gasteiger partial charge in [0.1, 0.15) is 5.76 Å². The van der Waals surface area contributed by atoms with Gasteiger partial charge in [0.15, 0.2) is 0 Å². The maximum atomic E-state index is 5.29.